The van der Waals surface area contributed by atoms with Crippen LogP contribution in [0, 0.1) is 11.6 Å². The lowest BCUT2D eigenvalue weighted by Crippen LogP contribution is -1.99. The van der Waals surface area contributed by atoms with Gasteiger partial charge < -0.3 is 9.84 Å². The van der Waals surface area contributed by atoms with Crippen molar-refractivity contribution in [1.82, 2.24) is 0 Å². The van der Waals surface area contributed by atoms with Gasteiger partial charge in [0.1, 0.15) is 0 Å². The fraction of sp³-hybridized carbons (Fsp3) is 0.455. The molecule has 142 valence electrons. The molecule has 0 aromatic heterocycles. The summed E-state index contributed by atoms with van der Waals surface area (Å²) in [6, 6.07) is 8.58. The van der Waals surface area contributed by atoms with Crippen molar-refractivity contribution < 1.29 is 18.6 Å². The van der Waals surface area contributed by atoms with Crippen molar-refractivity contribution in [3.05, 3.63) is 48.0 Å². The molecule has 4 heteroatoms. The first kappa shape index (κ1) is 20.2. The van der Waals surface area contributed by atoms with Crippen LogP contribution in [-0.2, 0) is 0 Å². The number of phenols is 1. The van der Waals surface area contributed by atoms with E-state index in [1.807, 2.05) is 0 Å². The number of halogens is 2. The van der Waals surface area contributed by atoms with Crippen LogP contribution in [0.25, 0.3) is 11.1 Å². The minimum absolute atomic E-state index is 0.218. The molecule has 2 aromatic carbocycles. The van der Waals surface area contributed by atoms with Crippen LogP contribution in [0.1, 0.15) is 58.3 Å². The van der Waals surface area contributed by atoms with Crippen molar-refractivity contribution >= 4 is 0 Å². The van der Waals surface area contributed by atoms with E-state index < -0.39 is 17.4 Å². The van der Waals surface area contributed by atoms with Gasteiger partial charge >= 0.3 is 0 Å². The fourth-order valence-electron chi connectivity index (χ4n) is 2.90. The van der Waals surface area contributed by atoms with Crippen LogP contribution in [0.5, 0.6) is 11.5 Å². The second-order valence-corrected chi connectivity index (χ2v) is 6.63. The van der Waals surface area contributed by atoms with E-state index in [1.54, 1.807) is 18.2 Å². The van der Waals surface area contributed by atoms with Crippen LogP contribution in [-0.4, -0.2) is 11.7 Å². The zero-order valence-corrected chi connectivity index (χ0v) is 15.4. The maximum Gasteiger partial charge on any atom is 0.165 e. The van der Waals surface area contributed by atoms with Gasteiger partial charge in [0.25, 0.3) is 0 Å². The molecule has 0 aliphatic carbocycles. The molecule has 26 heavy (non-hydrogen) atoms. The molecule has 0 saturated carbocycles. The van der Waals surface area contributed by atoms with Crippen molar-refractivity contribution in [1.29, 1.82) is 0 Å². The molecule has 0 fully saturated rings. The highest BCUT2D eigenvalue weighted by molar-refractivity contribution is 5.65. The SMILES string of the molecule is CCCCCCCCCCOc1ccc(-c2ccc(O)c(F)c2)cc1F. The van der Waals surface area contributed by atoms with E-state index in [1.165, 1.54) is 56.7 Å². The van der Waals surface area contributed by atoms with Gasteiger partial charge in [0.05, 0.1) is 6.61 Å². The Kier molecular flexibility index (Phi) is 8.39. The van der Waals surface area contributed by atoms with Crippen molar-refractivity contribution in [3.8, 4) is 22.6 Å². The molecule has 2 rings (SSSR count). The Labute approximate surface area is 154 Å². The van der Waals surface area contributed by atoms with Crippen LogP contribution < -0.4 is 4.74 Å². The minimum Gasteiger partial charge on any atom is -0.505 e. The molecule has 0 spiro atoms. The summed E-state index contributed by atoms with van der Waals surface area (Å²) in [7, 11) is 0. The van der Waals surface area contributed by atoms with Crippen molar-refractivity contribution in [2.75, 3.05) is 6.61 Å². The van der Waals surface area contributed by atoms with Crippen molar-refractivity contribution in [3.63, 3.8) is 0 Å². The molecular formula is C22H28F2O2. The van der Waals surface area contributed by atoms with E-state index in [-0.39, 0.29) is 5.75 Å². The van der Waals surface area contributed by atoms with Crippen molar-refractivity contribution in [2.45, 2.75) is 58.3 Å². The number of hydrogen-bond donors (Lipinski definition) is 1. The van der Waals surface area contributed by atoms with Crippen molar-refractivity contribution in [2.24, 2.45) is 0 Å². The molecular weight excluding hydrogens is 334 g/mol. The Morgan fingerprint density at radius 1 is 0.769 bits per heavy atom. The summed E-state index contributed by atoms with van der Waals surface area (Å²) in [4.78, 5) is 0. The van der Waals surface area contributed by atoms with Gasteiger partial charge in [-0.2, -0.15) is 0 Å². The third-order valence-corrected chi connectivity index (χ3v) is 4.47. The predicted molar refractivity (Wildman–Crippen MR) is 102 cm³/mol. The highest BCUT2D eigenvalue weighted by Crippen LogP contribution is 2.28. The highest BCUT2D eigenvalue weighted by Gasteiger charge is 2.08. The lowest BCUT2D eigenvalue weighted by molar-refractivity contribution is 0.290. The van der Waals surface area contributed by atoms with Gasteiger partial charge in [-0.05, 0) is 41.8 Å². The van der Waals surface area contributed by atoms with E-state index in [0.717, 1.165) is 12.8 Å². The number of ether oxygens (including phenoxy) is 1. The maximum absolute atomic E-state index is 14.2. The number of unbranched alkanes of at least 4 members (excludes halogenated alkanes) is 7. The summed E-state index contributed by atoms with van der Waals surface area (Å²) < 4.78 is 33.2. The highest BCUT2D eigenvalue weighted by atomic mass is 19.1. The van der Waals surface area contributed by atoms with E-state index in [9.17, 15) is 13.9 Å². The average molecular weight is 362 g/mol. The average Bonchev–Trinajstić information content (AvgIpc) is 2.63. The molecule has 0 heterocycles. The predicted octanol–water partition coefficient (Wildman–Crippen LogP) is 6.86. The third-order valence-electron chi connectivity index (χ3n) is 4.47. The molecule has 0 atom stereocenters. The Bertz CT molecular complexity index is 686. The normalized spacial score (nSPS) is 10.9. The van der Waals surface area contributed by atoms with E-state index >= 15 is 0 Å². The summed E-state index contributed by atoms with van der Waals surface area (Å²) in [5.74, 6) is -1.39. The number of phenolic OH excluding ortho intramolecular Hbond substituents is 1. The Balaban J connectivity index is 1.76. The second kappa shape index (κ2) is 10.8. The lowest BCUT2D eigenvalue weighted by Gasteiger charge is -2.09. The van der Waals surface area contributed by atoms with Gasteiger partial charge in [-0.1, -0.05) is 64.0 Å². The summed E-state index contributed by atoms with van der Waals surface area (Å²) in [5.41, 5.74) is 1.05. The lowest BCUT2D eigenvalue weighted by atomic mass is 10.0. The number of benzene rings is 2. The van der Waals surface area contributed by atoms with Gasteiger partial charge in [-0.3, -0.25) is 0 Å². The number of rotatable bonds is 11. The molecule has 0 amide bonds. The maximum atomic E-state index is 14.2. The van der Waals surface area contributed by atoms with Gasteiger partial charge in [-0.15, -0.1) is 0 Å². The van der Waals surface area contributed by atoms with Gasteiger partial charge in [0.2, 0.25) is 0 Å². The Morgan fingerprint density at radius 2 is 1.35 bits per heavy atom. The van der Waals surface area contributed by atoms with Crippen LogP contribution in [0.3, 0.4) is 0 Å². The molecule has 0 unspecified atom stereocenters. The molecule has 0 saturated heterocycles. The van der Waals surface area contributed by atoms with Crippen LogP contribution >= 0.6 is 0 Å². The molecule has 0 radical (unpaired) electrons. The molecule has 1 N–H and O–H groups in total. The van der Waals surface area contributed by atoms with Crippen LogP contribution in [0.2, 0.25) is 0 Å². The largest absolute Gasteiger partial charge is 0.505 e. The minimum atomic E-state index is -0.724. The molecule has 0 aliphatic rings. The van der Waals surface area contributed by atoms with Gasteiger partial charge in [0.15, 0.2) is 23.1 Å². The summed E-state index contributed by atoms with van der Waals surface area (Å²) in [6.07, 6.45) is 9.65. The summed E-state index contributed by atoms with van der Waals surface area (Å²) in [6.45, 7) is 2.71. The number of aromatic hydroxyl groups is 1. The fourth-order valence-corrected chi connectivity index (χ4v) is 2.90. The molecule has 0 aliphatic heterocycles. The summed E-state index contributed by atoms with van der Waals surface area (Å²) >= 11 is 0. The summed E-state index contributed by atoms with van der Waals surface area (Å²) in [5, 5.41) is 9.23. The van der Waals surface area contributed by atoms with E-state index in [4.69, 9.17) is 4.74 Å². The topological polar surface area (TPSA) is 29.5 Å². The smallest absolute Gasteiger partial charge is 0.165 e. The van der Waals surface area contributed by atoms with Crippen LogP contribution in [0.15, 0.2) is 36.4 Å². The number of hydrogen-bond acceptors (Lipinski definition) is 2. The van der Waals surface area contributed by atoms with Gasteiger partial charge in [0, 0.05) is 0 Å². The van der Waals surface area contributed by atoms with Gasteiger partial charge in [-0.25, -0.2) is 8.78 Å². The monoisotopic (exact) mass is 362 g/mol. The van der Waals surface area contributed by atoms with E-state index in [0.29, 0.717) is 17.7 Å². The first-order chi connectivity index (χ1) is 12.6. The standard InChI is InChI=1S/C22H28F2O2/c1-2-3-4-5-6-7-8-9-14-26-22-13-11-18(16-20(22)24)17-10-12-21(25)19(23)15-17/h10-13,15-16,25H,2-9,14H2,1H3. The third kappa shape index (κ3) is 6.32. The molecule has 2 nitrogen and oxygen atoms in total. The quantitative estimate of drug-likeness (QED) is 0.443. The Morgan fingerprint density at radius 3 is 1.96 bits per heavy atom. The zero-order chi connectivity index (χ0) is 18.8. The molecule has 2 aromatic rings. The van der Waals surface area contributed by atoms with Crippen LogP contribution in [0.4, 0.5) is 8.78 Å². The first-order valence-corrected chi connectivity index (χ1v) is 9.53. The zero-order valence-electron chi connectivity index (χ0n) is 15.4. The second-order valence-electron chi connectivity index (χ2n) is 6.63. The Hall–Kier alpha value is -2.10. The first-order valence-electron chi connectivity index (χ1n) is 9.53. The molecule has 0 bridgehead atoms. The van der Waals surface area contributed by atoms with E-state index in [2.05, 4.69) is 6.92 Å².